The summed E-state index contributed by atoms with van der Waals surface area (Å²) in [6.45, 7) is 2.41. The monoisotopic (exact) mass is 259 g/mol. The van der Waals surface area contributed by atoms with E-state index in [1.165, 1.54) is 6.39 Å². The molecule has 1 fully saturated rings. The fourth-order valence-corrected chi connectivity index (χ4v) is 2.43. The van der Waals surface area contributed by atoms with E-state index in [1.807, 2.05) is 18.2 Å². The molecule has 19 heavy (non-hydrogen) atoms. The van der Waals surface area contributed by atoms with Crippen molar-refractivity contribution in [2.45, 2.75) is 19.4 Å². The van der Waals surface area contributed by atoms with Gasteiger partial charge in [0.2, 0.25) is 5.91 Å². The summed E-state index contributed by atoms with van der Waals surface area (Å²) in [5.41, 5.74) is 2.63. The molecule has 1 aliphatic heterocycles. The Morgan fingerprint density at radius 2 is 2.26 bits per heavy atom. The van der Waals surface area contributed by atoms with E-state index in [-0.39, 0.29) is 11.8 Å². The first-order valence-electron chi connectivity index (χ1n) is 6.63. The number of piperidine rings is 1. The second kappa shape index (κ2) is 5.40. The van der Waals surface area contributed by atoms with Crippen LogP contribution in [0.1, 0.15) is 18.4 Å². The zero-order valence-electron chi connectivity index (χ0n) is 10.7. The largest absolute Gasteiger partial charge is 0.443 e. The van der Waals surface area contributed by atoms with Crippen LogP contribution in [0.15, 0.2) is 29.0 Å². The molecule has 0 saturated carbocycles. The Bertz CT molecular complexity index is 573. The van der Waals surface area contributed by atoms with Crippen LogP contribution in [0.25, 0.3) is 11.1 Å². The molecule has 1 aromatic heterocycles. The summed E-state index contributed by atoms with van der Waals surface area (Å²) >= 11 is 0. The fraction of sp³-hybridized carbons (Fsp3) is 0.429. The van der Waals surface area contributed by atoms with Crippen LogP contribution < -0.4 is 10.6 Å². The minimum Gasteiger partial charge on any atom is -0.443 e. The Kier molecular flexibility index (Phi) is 3.46. The van der Waals surface area contributed by atoms with Gasteiger partial charge in [0.1, 0.15) is 5.52 Å². The van der Waals surface area contributed by atoms with Crippen LogP contribution in [-0.2, 0) is 11.3 Å². The van der Waals surface area contributed by atoms with Gasteiger partial charge >= 0.3 is 0 Å². The van der Waals surface area contributed by atoms with Crippen molar-refractivity contribution < 1.29 is 9.21 Å². The Labute approximate surface area is 111 Å². The Morgan fingerprint density at radius 3 is 3.11 bits per heavy atom. The highest BCUT2D eigenvalue weighted by Crippen LogP contribution is 2.15. The van der Waals surface area contributed by atoms with E-state index in [4.69, 9.17) is 4.42 Å². The number of carbonyl (C=O) groups is 1. The second-order valence-corrected chi connectivity index (χ2v) is 4.90. The quantitative estimate of drug-likeness (QED) is 0.875. The first kappa shape index (κ1) is 12.2. The normalized spacial score (nSPS) is 16.6. The van der Waals surface area contributed by atoms with Gasteiger partial charge < -0.3 is 15.1 Å². The molecule has 100 valence electrons. The van der Waals surface area contributed by atoms with E-state index in [9.17, 15) is 4.79 Å². The summed E-state index contributed by atoms with van der Waals surface area (Å²) in [7, 11) is 0. The highest BCUT2D eigenvalue weighted by atomic mass is 16.3. The van der Waals surface area contributed by atoms with Gasteiger partial charge in [-0.25, -0.2) is 4.98 Å². The third-order valence-corrected chi connectivity index (χ3v) is 3.57. The molecule has 2 aromatic rings. The van der Waals surface area contributed by atoms with E-state index in [2.05, 4.69) is 15.6 Å². The highest BCUT2D eigenvalue weighted by molar-refractivity contribution is 5.79. The fourth-order valence-electron chi connectivity index (χ4n) is 2.43. The number of aromatic nitrogens is 1. The van der Waals surface area contributed by atoms with E-state index >= 15 is 0 Å². The number of rotatable bonds is 3. The smallest absolute Gasteiger partial charge is 0.223 e. The first-order chi connectivity index (χ1) is 9.33. The molecule has 5 heteroatoms. The molecule has 0 aliphatic carbocycles. The maximum atomic E-state index is 12.0. The topological polar surface area (TPSA) is 67.2 Å². The standard InChI is InChI=1S/C14H17N3O2/c18-14(11-3-5-15-6-4-11)16-8-10-1-2-12-13(7-10)19-9-17-12/h1-2,7,9,11,15H,3-6,8H2,(H,16,18). The van der Waals surface area contributed by atoms with Crippen molar-refractivity contribution in [1.82, 2.24) is 15.6 Å². The summed E-state index contributed by atoms with van der Waals surface area (Å²) in [6, 6.07) is 5.80. The summed E-state index contributed by atoms with van der Waals surface area (Å²) in [6.07, 6.45) is 3.28. The average molecular weight is 259 g/mol. The van der Waals surface area contributed by atoms with Crippen molar-refractivity contribution in [3.05, 3.63) is 30.2 Å². The summed E-state index contributed by atoms with van der Waals surface area (Å²) < 4.78 is 5.25. The summed E-state index contributed by atoms with van der Waals surface area (Å²) in [5, 5.41) is 6.26. The lowest BCUT2D eigenvalue weighted by Crippen LogP contribution is -2.37. The van der Waals surface area contributed by atoms with Gasteiger partial charge in [0.25, 0.3) is 0 Å². The van der Waals surface area contributed by atoms with Crippen LogP contribution >= 0.6 is 0 Å². The molecule has 0 atom stereocenters. The van der Waals surface area contributed by atoms with Crippen molar-refractivity contribution in [3.8, 4) is 0 Å². The Morgan fingerprint density at radius 1 is 1.42 bits per heavy atom. The van der Waals surface area contributed by atoms with Crippen molar-refractivity contribution >= 4 is 17.0 Å². The van der Waals surface area contributed by atoms with Gasteiger partial charge in [0.05, 0.1) is 0 Å². The van der Waals surface area contributed by atoms with Crippen LogP contribution in [0.2, 0.25) is 0 Å². The number of oxazole rings is 1. The molecule has 2 N–H and O–H groups in total. The van der Waals surface area contributed by atoms with Crippen LogP contribution in [0.5, 0.6) is 0 Å². The van der Waals surface area contributed by atoms with E-state index in [0.29, 0.717) is 6.54 Å². The lowest BCUT2D eigenvalue weighted by Gasteiger charge is -2.21. The van der Waals surface area contributed by atoms with E-state index < -0.39 is 0 Å². The molecule has 5 nitrogen and oxygen atoms in total. The van der Waals surface area contributed by atoms with Gasteiger partial charge in [-0.2, -0.15) is 0 Å². The van der Waals surface area contributed by atoms with Gasteiger partial charge in [-0.3, -0.25) is 4.79 Å². The number of benzene rings is 1. The van der Waals surface area contributed by atoms with Gasteiger partial charge in [-0.15, -0.1) is 0 Å². The van der Waals surface area contributed by atoms with Gasteiger partial charge in [0, 0.05) is 12.5 Å². The molecule has 0 unspecified atom stereocenters. The number of nitrogens with zero attached hydrogens (tertiary/aromatic N) is 1. The zero-order valence-corrected chi connectivity index (χ0v) is 10.7. The van der Waals surface area contributed by atoms with Crippen molar-refractivity contribution in [2.75, 3.05) is 13.1 Å². The zero-order chi connectivity index (χ0) is 13.1. The Hall–Kier alpha value is -1.88. The maximum absolute atomic E-state index is 12.0. The number of carbonyl (C=O) groups excluding carboxylic acids is 1. The van der Waals surface area contributed by atoms with Crippen molar-refractivity contribution in [3.63, 3.8) is 0 Å². The van der Waals surface area contributed by atoms with Crippen LogP contribution in [-0.4, -0.2) is 24.0 Å². The van der Waals surface area contributed by atoms with E-state index in [1.54, 1.807) is 0 Å². The third kappa shape index (κ3) is 2.76. The maximum Gasteiger partial charge on any atom is 0.223 e. The summed E-state index contributed by atoms with van der Waals surface area (Å²) in [5.74, 6) is 0.300. The lowest BCUT2D eigenvalue weighted by atomic mass is 9.97. The molecule has 1 aliphatic rings. The average Bonchev–Trinajstić information content (AvgIpc) is 2.93. The van der Waals surface area contributed by atoms with Crippen LogP contribution in [0, 0.1) is 5.92 Å². The lowest BCUT2D eigenvalue weighted by molar-refractivity contribution is -0.125. The van der Waals surface area contributed by atoms with E-state index in [0.717, 1.165) is 42.6 Å². The van der Waals surface area contributed by atoms with Crippen LogP contribution in [0.3, 0.4) is 0 Å². The molecule has 1 aromatic carbocycles. The molecule has 2 heterocycles. The van der Waals surface area contributed by atoms with Gasteiger partial charge in [-0.05, 0) is 43.6 Å². The number of fused-ring (bicyclic) bond motifs is 1. The Balaban J connectivity index is 1.60. The van der Waals surface area contributed by atoms with Crippen molar-refractivity contribution in [1.29, 1.82) is 0 Å². The third-order valence-electron chi connectivity index (χ3n) is 3.57. The van der Waals surface area contributed by atoms with Crippen LogP contribution in [0.4, 0.5) is 0 Å². The SMILES string of the molecule is O=C(NCc1ccc2ncoc2c1)C1CCNCC1. The first-order valence-corrected chi connectivity index (χ1v) is 6.63. The van der Waals surface area contributed by atoms with Gasteiger partial charge in [-0.1, -0.05) is 6.07 Å². The molecular formula is C14H17N3O2. The number of hydrogen-bond acceptors (Lipinski definition) is 4. The molecule has 3 rings (SSSR count). The number of nitrogens with one attached hydrogen (secondary N) is 2. The molecular weight excluding hydrogens is 242 g/mol. The molecule has 0 bridgehead atoms. The predicted octanol–water partition coefficient (Wildman–Crippen LogP) is 1.44. The second-order valence-electron chi connectivity index (χ2n) is 4.90. The highest BCUT2D eigenvalue weighted by Gasteiger charge is 2.20. The molecule has 0 radical (unpaired) electrons. The summed E-state index contributed by atoms with van der Waals surface area (Å²) in [4.78, 5) is 16.1. The molecule has 0 spiro atoms. The minimum atomic E-state index is 0.148. The number of hydrogen-bond donors (Lipinski definition) is 2. The van der Waals surface area contributed by atoms with Crippen molar-refractivity contribution in [2.24, 2.45) is 5.92 Å². The molecule has 1 amide bonds. The molecule has 1 saturated heterocycles. The minimum absolute atomic E-state index is 0.148. The van der Waals surface area contributed by atoms with Gasteiger partial charge in [0.15, 0.2) is 12.0 Å². The predicted molar refractivity (Wildman–Crippen MR) is 71.4 cm³/mol. The number of amides is 1.